The molecule has 0 saturated carbocycles. The number of nitrogens with zero attached hydrogens (tertiary/aromatic N) is 2. The van der Waals surface area contributed by atoms with Crippen LogP contribution in [0.5, 0.6) is 5.95 Å². The highest BCUT2D eigenvalue weighted by Crippen LogP contribution is 2.04. The van der Waals surface area contributed by atoms with Crippen molar-refractivity contribution in [2.24, 2.45) is 0 Å². The summed E-state index contributed by atoms with van der Waals surface area (Å²) in [6.45, 7) is 2.38. The van der Waals surface area contributed by atoms with E-state index >= 15 is 0 Å². The van der Waals surface area contributed by atoms with Gasteiger partial charge in [0, 0.05) is 13.3 Å². The lowest BCUT2D eigenvalue weighted by atomic mass is 10.1. The predicted molar refractivity (Wildman–Crippen MR) is 51.0 cm³/mol. The largest absolute Gasteiger partial charge is 0.539 e. The first-order valence-corrected chi connectivity index (χ1v) is 4.84. The summed E-state index contributed by atoms with van der Waals surface area (Å²) in [5.41, 5.74) is 1.77. The zero-order chi connectivity index (χ0) is 10.7. The lowest BCUT2D eigenvalue weighted by molar-refractivity contribution is -0.766. The van der Waals surface area contributed by atoms with Gasteiger partial charge in [0.15, 0.2) is 12.5 Å². The van der Waals surface area contributed by atoms with Crippen molar-refractivity contribution < 1.29 is 14.3 Å². The fourth-order valence-electron chi connectivity index (χ4n) is 1.41. The standard InChI is InChI=1S/C11H12N2O2/c1-9-11(14)15-12-13(9)8-7-10-5-3-2-4-6-10/h2-6H,7-8H2,1H3. The van der Waals surface area contributed by atoms with Gasteiger partial charge in [0.05, 0.1) is 5.27 Å². The topological polar surface area (TPSA) is 53.0 Å². The zero-order valence-electron chi connectivity index (χ0n) is 8.51. The van der Waals surface area contributed by atoms with Gasteiger partial charge < -0.3 is 9.63 Å². The van der Waals surface area contributed by atoms with E-state index in [0.29, 0.717) is 12.2 Å². The van der Waals surface area contributed by atoms with E-state index in [1.54, 1.807) is 11.6 Å². The molecular weight excluding hydrogens is 192 g/mol. The van der Waals surface area contributed by atoms with Crippen LogP contribution in [0.3, 0.4) is 0 Å². The molecular formula is C11H12N2O2. The molecule has 0 aliphatic carbocycles. The van der Waals surface area contributed by atoms with Gasteiger partial charge in [0.1, 0.15) is 0 Å². The average Bonchev–Trinajstić information content (AvgIpc) is 2.59. The Morgan fingerprint density at radius 2 is 2.07 bits per heavy atom. The van der Waals surface area contributed by atoms with Gasteiger partial charge in [-0.15, -0.1) is 0 Å². The molecule has 0 atom stereocenters. The summed E-state index contributed by atoms with van der Waals surface area (Å²) in [6, 6.07) is 10.1. The summed E-state index contributed by atoms with van der Waals surface area (Å²) < 4.78 is 6.13. The van der Waals surface area contributed by atoms with Crippen LogP contribution in [-0.2, 0) is 13.0 Å². The first kappa shape index (κ1) is 9.71. The number of rotatable bonds is 3. The molecule has 0 fully saturated rings. The van der Waals surface area contributed by atoms with Crippen molar-refractivity contribution in [1.82, 2.24) is 5.27 Å². The SMILES string of the molecule is Cc1c([O-])on[n+]1CCc1ccccc1. The smallest absolute Gasteiger partial charge is 0.230 e. The number of benzene rings is 1. The summed E-state index contributed by atoms with van der Waals surface area (Å²) in [4.78, 5) is 0. The van der Waals surface area contributed by atoms with E-state index in [9.17, 15) is 5.11 Å². The molecule has 15 heavy (non-hydrogen) atoms. The highest BCUT2D eigenvalue weighted by atomic mass is 16.6. The second kappa shape index (κ2) is 4.13. The Kier molecular flexibility index (Phi) is 2.67. The first-order chi connectivity index (χ1) is 7.27. The monoisotopic (exact) mass is 204 g/mol. The van der Waals surface area contributed by atoms with Crippen molar-refractivity contribution in [2.75, 3.05) is 0 Å². The quantitative estimate of drug-likeness (QED) is 0.687. The third-order valence-corrected chi connectivity index (χ3v) is 2.36. The minimum atomic E-state index is -0.358. The van der Waals surface area contributed by atoms with Crippen LogP contribution in [0.2, 0.25) is 0 Å². The van der Waals surface area contributed by atoms with Gasteiger partial charge in [0.2, 0.25) is 5.69 Å². The Bertz CT molecular complexity index is 437. The van der Waals surface area contributed by atoms with E-state index in [-0.39, 0.29) is 5.95 Å². The van der Waals surface area contributed by atoms with E-state index in [1.165, 1.54) is 5.56 Å². The molecule has 2 aromatic rings. The summed E-state index contributed by atoms with van der Waals surface area (Å²) in [6.07, 6.45) is 0.846. The molecule has 0 unspecified atom stereocenters. The molecule has 1 aromatic carbocycles. The van der Waals surface area contributed by atoms with Crippen LogP contribution in [0.15, 0.2) is 34.9 Å². The minimum Gasteiger partial charge on any atom is -0.539 e. The van der Waals surface area contributed by atoms with Gasteiger partial charge in [-0.2, -0.15) is 0 Å². The third-order valence-electron chi connectivity index (χ3n) is 2.36. The maximum atomic E-state index is 11.0. The van der Waals surface area contributed by atoms with Crippen LogP contribution >= 0.6 is 0 Å². The number of hydrogen-bond acceptors (Lipinski definition) is 3. The van der Waals surface area contributed by atoms with E-state index in [2.05, 4.69) is 9.79 Å². The normalized spacial score (nSPS) is 10.5. The molecule has 2 rings (SSSR count). The minimum absolute atomic E-state index is 0.358. The number of aryl methyl sites for hydroxylation is 2. The molecule has 0 amide bonds. The zero-order valence-corrected chi connectivity index (χ0v) is 8.51. The molecule has 0 aliphatic rings. The lowest BCUT2D eigenvalue weighted by Crippen LogP contribution is -2.39. The molecule has 0 saturated heterocycles. The van der Waals surface area contributed by atoms with Gasteiger partial charge >= 0.3 is 0 Å². The Balaban J connectivity index is 2.02. The molecule has 0 spiro atoms. The van der Waals surface area contributed by atoms with Crippen molar-refractivity contribution >= 4 is 0 Å². The Morgan fingerprint density at radius 1 is 1.33 bits per heavy atom. The van der Waals surface area contributed by atoms with E-state index in [0.717, 1.165) is 6.42 Å². The van der Waals surface area contributed by atoms with Crippen LogP contribution in [0.4, 0.5) is 0 Å². The van der Waals surface area contributed by atoms with Gasteiger partial charge in [-0.05, 0) is 5.56 Å². The van der Waals surface area contributed by atoms with E-state index < -0.39 is 0 Å². The molecule has 0 N–H and O–H groups in total. The van der Waals surface area contributed by atoms with Crippen LogP contribution in [0.1, 0.15) is 11.3 Å². The van der Waals surface area contributed by atoms with Crippen molar-refractivity contribution in [1.29, 1.82) is 0 Å². The summed E-state index contributed by atoms with van der Waals surface area (Å²) in [5, 5.41) is 14.7. The highest BCUT2D eigenvalue weighted by Gasteiger charge is 2.11. The molecule has 0 radical (unpaired) electrons. The first-order valence-electron chi connectivity index (χ1n) is 4.84. The Hall–Kier alpha value is -1.84. The van der Waals surface area contributed by atoms with Crippen LogP contribution in [0.25, 0.3) is 0 Å². The molecule has 4 heteroatoms. The van der Waals surface area contributed by atoms with Crippen molar-refractivity contribution in [3.63, 3.8) is 0 Å². The Labute approximate surface area is 87.7 Å². The molecule has 4 nitrogen and oxygen atoms in total. The second-order valence-corrected chi connectivity index (χ2v) is 3.40. The maximum absolute atomic E-state index is 11.0. The van der Waals surface area contributed by atoms with Gasteiger partial charge in [-0.25, -0.2) is 0 Å². The number of hydrogen-bond donors (Lipinski definition) is 0. The van der Waals surface area contributed by atoms with Crippen molar-refractivity contribution in [2.45, 2.75) is 19.9 Å². The summed E-state index contributed by atoms with van der Waals surface area (Å²) in [5.74, 6) is -0.358. The van der Waals surface area contributed by atoms with E-state index in [4.69, 9.17) is 0 Å². The molecule has 78 valence electrons. The summed E-state index contributed by atoms with van der Waals surface area (Å²) in [7, 11) is 0. The molecule has 1 aromatic heterocycles. The fourth-order valence-corrected chi connectivity index (χ4v) is 1.41. The van der Waals surface area contributed by atoms with Gasteiger partial charge in [0.25, 0.3) is 0 Å². The molecule has 1 heterocycles. The van der Waals surface area contributed by atoms with Crippen LogP contribution < -0.4 is 9.79 Å². The summed E-state index contributed by atoms with van der Waals surface area (Å²) >= 11 is 0. The van der Waals surface area contributed by atoms with Crippen LogP contribution in [0, 0.1) is 6.92 Å². The highest BCUT2D eigenvalue weighted by molar-refractivity contribution is 5.14. The Morgan fingerprint density at radius 3 is 2.67 bits per heavy atom. The van der Waals surface area contributed by atoms with E-state index in [1.807, 2.05) is 30.3 Å². The van der Waals surface area contributed by atoms with Gasteiger partial charge in [-0.3, -0.25) is 0 Å². The number of aromatic nitrogens is 2. The average molecular weight is 204 g/mol. The van der Waals surface area contributed by atoms with Gasteiger partial charge in [-0.1, -0.05) is 35.0 Å². The second-order valence-electron chi connectivity index (χ2n) is 3.40. The third kappa shape index (κ3) is 2.15. The van der Waals surface area contributed by atoms with Crippen molar-refractivity contribution in [3.05, 3.63) is 41.6 Å². The van der Waals surface area contributed by atoms with Crippen molar-refractivity contribution in [3.8, 4) is 5.95 Å². The fraction of sp³-hybridized carbons (Fsp3) is 0.273. The van der Waals surface area contributed by atoms with Crippen LogP contribution in [-0.4, -0.2) is 5.27 Å². The lowest BCUT2D eigenvalue weighted by Gasteiger charge is -1.95. The molecule has 0 bridgehead atoms. The molecule has 0 aliphatic heterocycles. The predicted octanol–water partition coefficient (Wildman–Crippen LogP) is 0.587. The maximum Gasteiger partial charge on any atom is 0.230 e.